The number of carbonyl (C=O) groups excluding carboxylic acids is 2. The Bertz CT molecular complexity index is 416. The summed E-state index contributed by atoms with van der Waals surface area (Å²) < 4.78 is 0.932. The Hall–Kier alpha value is -1.36. The van der Waals surface area contributed by atoms with Crippen molar-refractivity contribution in [1.29, 1.82) is 0 Å². The third-order valence-electron chi connectivity index (χ3n) is 2.42. The first-order valence-electron chi connectivity index (χ1n) is 4.98. The predicted molar refractivity (Wildman–Crippen MR) is 63.0 cm³/mol. The van der Waals surface area contributed by atoms with Crippen LogP contribution < -0.4 is 10.6 Å². The lowest BCUT2D eigenvalue weighted by Gasteiger charge is -2.10. The Morgan fingerprint density at radius 1 is 1.38 bits per heavy atom. The zero-order valence-electron chi connectivity index (χ0n) is 8.50. The average molecular weight is 283 g/mol. The highest BCUT2D eigenvalue weighted by molar-refractivity contribution is 9.10. The lowest BCUT2D eigenvalue weighted by Crippen LogP contribution is -2.36. The predicted octanol–water partition coefficient (Wildman–Crippen LogP) is 1.07. The van der Waals surface area contributed by atoms with Crippen molar-refractivity contribution in [3.63, 3.8) is 0 Å². The van der Waals surface area contributed by atoms with E-state index in [0.717, 1.165) is 4.47 Å². The highest BCUT2D eigenvalue weighted by Gasteiger charge is 2.23. The molecule has 1 fully saturated rings. The molecule has 0 aliphatic carbocycles. The molecule has 1 aromatic carbocycles. The molecule has 2 rings (SSSR count). The van der Waals surface area contributed by atoms with Gasteiger partial charge in [-0.25, -0.2) is 0 Å². The number of amides is 2. The summed E-state index contributed by atoms with van der Waals surface area (Å²) in [6.45, 7) is 0.515. The molecule has 1 unspecified atom stereocenters. The molecule has 1 aliphatic rings. The van der Waals surface area contributed by atoms with Crippen molar-refractivity contribution < 1.29 is 9.59 Å². The van der Waals surface area contributed by atoms with Crippen molar-refractivity contribution in [2.24, 2.45) is 0 Å². The summed E-state index contributed by atoms with van der Waals surface area (Å²) in [4.78, 5) is 22.7. The minimum absolute atomic E-state index is 0.0129. The smallest absolute Gasteiger partial charge is 0.251 e. The number of carbonyl (C=O) groups is 2. The molecule has 84 valence electrons. The van der Waals surface area contributed by atoms with Crippen molar-refractivity contribution in [2.45, 2.75) is 12.5 Å². The molecule has 1 heterocycles. The summed E-state index contributed by atoms with van der Waals surface area (Å²) in [6.07, 6.45) is 0.363. The second-order valence-corrected chi connectivity index (χ2v) is 4.60. The van der Waals surface area contributed by atoms with Crippen molar-refractivity contribution in [3.05, 3.63) is 34.3 Å². The molecule has 1 aliphatic heterocycles. The number of hydrogen-bond donors (Lipinski definition) is 2. The quantitative estimate of drug-likeness (QED) is 0.853. The van der Waals surface area contributed by atoms with Gasteiger partial charge in [-0.2, -0.15) is 0 Å². The van der Waals surface area contributed by atoms with Crippen molar-refractivity contribution in [1.82, 2.24) is 10.6 Å². The van der Waals surface area contributed by atoms with Gasteiger partial charge in [0.2, 0.25) is 5.91 Å². The van der Waals surface area contributed by atoms with Gasteiger partial charge in [-0.3, -0.25) is 9.59 Å². The van der Waals surface area contributed by atoms with Gasteiger partial charge in [0.1, 0.15) is 0 Å². The minimum atomic E-state index is -0.144. The van der Waals surface area contributed by atoms with E-state index in [-0.39, 0.29) is 17.9 Å². The molecule has 1 aromatic rings. The third kappa shape index (κ3) is 2.61. The van der Waals surface area contributed by atoms with E-state index in [0.29, 0.717) is 18.5 Å². The largest absolute Gasteiger partial charge is 0.354 e. The van der Waals surface area contributed by atoms with Crippen molar-refractivity contribution in [3.8, 4) is 0 Å². The maximum absolute atomic E-state index is 11.8. The first-order valence-corrected chi connectivity index (χ1v) is 5.77. The van der Waals surface area contributed by atoms with Gasteiger partial charge in [0.05, 0.1) is 6.04 Å². The van der Waals surface area contributed by atoms with Crippen LogP contribution in [0.1, 0.15) is 16.8 Å². The lowest BCUT2D eigenvalue weighted by atomic mass is 10.2. The molecule has 0 bridgehead atoms. The molecule has 1 saturated heterocycles. The van der Waals surface area contributed by atoms with E-state index in [1.807, 2.05) is 12.1 Å². The van der Waals surface area contributed by atoms with E-state index in [1.165, 1.54) is 0 Å². The summed E-state index contributed by atoms with van der Waals surface area (Å²) in [5, 5.41) is 5.48. The summed E-state index contributed by atoms with van der Waals surface area (Å²) >= 11 is 3.30. The maximum atomic E-state index is 11.8. The van der Waals surface area contributed by atoms with Gasteiger partial charge in [-0.15, -0.1) is 0 Å². The second kappa shape index (κ2) is 4.65. The van der Waals surface area contributed by atoms with Crippen LogP contribution in [-0.2, 0) is 4.79 Å². The van der Waals surface area contributed by atoms with Gasteiger partial charge in [0.15, 0.2) is 0 Å². The Kier molecular flexibility index (Phi) is 3.24. The summed E-state index contributed by atoms with van der Waals surface area (Å²) in [6, 6.07) is 7.01. The van der Waals surface area contributed by atoms with E-state index in [9.17, 15) is 9.59 Å². The van der Waals surface area contributed by atoms with Gasteiger partial charge in [-0.1, -0.05) is 15.9 Å². The Balaban J connectivity index is 1.98. The highest BCUT2D eigenvalue weighted by Crippen LogP contribution is 2.11. The fourth-order valence-electron chi connectivity index (χ4n) is 1.58. The van der Waals surface area contributed by atoms with Gasteiger partial charge >= 0.3 is 0 Å². The molecular weight excluding hydrogens is 272 g/mol. The van der Waals surface area contributed by atoms with Crippen LogP contribution in [0.2, 0.25) is 0 Å². The van der Waals surface area contributed by atoms with E-state index < -0.39 is 0 Å². The SMILES string of the molecule is O=C1CC(NC(=O)c2ccc(Br)cc2)CN1. The van der Waals surface area contributed by atoms with Gasteiger partial charge in [0, 0.05) is 23.0 Å². The third-order valence-corrected chi connectivity index (χ3v) is 2.95. The molecule has 0 radical (unpaired) electrons. The standard InChI is InChI=1S/C11H11BrN2O2/c12-8-3-1-7(2-4-8)11(16)14-9-5-10(15)13-6-9/h1-4,9H,5-6H2,(H,13,15)(H,14,16). The second-order valence-electron chi connectivity index (χ2n) is 3.69. The highest BCUT2D eigenvalue weighted by atomic mass is 79.9. The summed E-state index contributed by atoms with van der Waals surface area (Å²) in [5.41, 5.74) is 0.600. The molecule has 5 heteroatoms. The van der Waals surface area contributed by atoms with Crippen LogP contribution in [0.5, 0.6) is 0 Å². The average Bonchev–Trinajstić information content (AvgIpc) is 2.65. The van der Waals surface area contributed by atoms with E-state index in [1.54, 1.807) is 12.1 Å². The summed E-state index contributed by atoms with van der Waals surface area (Å²) in [5.74, 6) is -0.157. The summed E-state index contributed by atoms with van der Waals surface area (Å²) in [7, 11) is 0. The fourth-order valence-corrected chi connectivity index (χ4v) is 1.84. The molecule has 2 N–H and O–H groups in total. The Morgan fingerprint density at radius 3 is 2.62 bits per heavy atom. The Labute approximate surface area is 102 Å². The molecule has 1 atom stereocenters. The lowest BCUT2D eigenvalue weighted by molar-refractivity contribution is -0.119. The van der Waals surface area contributed by atoms with Crippen LogP contribution >= 0.6 is 15.9 Å². The Morgan fingerprint density at radius 2 is 2.06 bits per heavy atom. The van der Waals surface area contributed by atoms with E-state index in [2.05, 4.69) is 26.6 Å². The van der Waals surface area contributed by atoms with Gasteiger partial charge in [0.25, 0.3) is 5.91 Å². The fraction of sp³-hybridized carbons (Fsp3) is 0.273. The van der Waals surface area contributed by atoms with E-state index in [4.69, 9.17) is 0 Å². The van der Waals surface area contributed by atoms with Crippen LogP contribution in [-0.4, -0.2) is 24.4 Å². The maximum Gasteiger partial charge on any atom is 0.251 e. The molecule has 2 amide bonds. The van der Waals surface area contributed by atoms with Gasteiger partial charge in [-0.05, 0) is 24.3 Å². The monoisotopic (exact) mass is 282 g/mol. The zero-order chi connectivity index (χ0) is 11.5. The number of hydrogen-bond acceptors (Lipinski definition) is 2. The van der Waals surface area contributed by atoms with Crippen molar-refractivity contribution >= 4 is 27.7 Å². The number of nitrogens with one attached hydrogen (secondary N) is 2. The molecule has 0 spiro atoms. The van der Waals surface area contributed by atoms with E-state index >= 15 is 0 Å². The molecule has 0 saturated carbocycles. The zero-order valence-corrected chi connectivity index (χ0v) is 10.1. The number of benzene rings is 1. The van der Waals surface area contributed by atoms with Gasteiger partial charge < -0.3 is 10.6 Å². The number of rotatable bonds is 2. The topological polar surface area (TPSA) is 58.2 Å². The van der Waals surface area contributed by atoms with Crippen molar-refractivity contribution in [2.75, 3.05) is 6.54 Å². The molecule has 4 nitrogen and oxygen atoms in total. The molecule has 0 aromatic heterocycles. The first kappa shape index (κ1) is 11.1. The van der Waals surface area contributed by atoms with Crippen LogP contribution in [0.15, 0.2) is 28.7 Å². The minimum Gasteiger partial charge on any atom is -0.354 e. The normalized spacial score (nSPS) is 19.3. The number of halogens is 1. The van der Waals surface area contributed by atoms with Crippen LogP contribution in [0, 0.1) is 0 Å². The van der Waals surface area contributed by atoms with Crippen LogP contribution in [0.25, 0.3) is 0 Å². The van der Waals surface area contributed by atoms with Crippen LogP contribution in [0.4, 0.5) is 0 Å². The van der Waals surface area contributed by atoms with Crippen LogP contribution in [0.3, 0.4) is 0 Å². The molecule has 16 heavy (non-hydrogen) atoms. The first-order chi connectivity index (χ1) is 7.65. The molecular formula is C11H11BrN2O2.